The molecule has 0 fully saturated rings. The Labute approximate surface area is 173 Å². The van der Waals surface area contributed by atoms with Gasteiger partial charge in [0.05, 0.1) is 0 Å². The van der Waals surface area contributed by atoms with Crippen LogP contribution in [0.5, 0.6) is 0 Å². The van der Waals surface area contributed by atoms with E-state index in [1.807, 2.05) is 0 Å². The zero-order valence-electron chi connectivity index (χ0n) is 17.2. The van der Waals surface area contributed by atoms with E-state index >= 15 is 0 Å². The molecular formula is C18H40N3NaO2. The summed E-state index contributed by atoms with van der Waals surface area (Å²) >= 11 is 0. The minimum absolute atomic E-state index is 0. The average Bonchev–Trinajstić information content (AvgIpc) is 2.56. The molecule has 0 atom stereocenters. The number of hydroxylamine groups is 1. The normalized spacial score (nSPS) is 10.4. The van der Waals surface area contributed by atoms with E-state index in [-0.39, 0.29) is 37.0 Å². The molecule has 4 N–H and O–H groups in total. The molecule has 0 heterocycles. The summed E-state index contributed by atoms with van der Waals surface area (Å²) < 4.78 is 0. The van der Waals surface area contributed by atoms with Gasteiger partial charge in [-0.1, -0.05) is 71.1 Å². The van der Waals surface area contributed by atoms with Crippen molar-refractivity contribution in [3.63, 3.8) is 0 Å². The molecule has 0 spiro atoms. The maximum Gasteiger partial charge on any atom is 1.00 e. The maximum atomic E-state index is 11.5. The third-order valence-corrected chi connectivity index (χ3v) is 3.90. The zero-order valence-corrected chi connectivity index (χ0v) is 18.2. The summed E-state index contributed by atoms with van der Waals surface area (Å²) in [7, 11) is 0. The summed E-state index contributed by atoms with van der Waals surface area (Å²) in [5, 5.41) is 3.12. The first-order chi connectivity index (χ1) is 11.3. The molecule has 0 aliphatic carbocycles. The molecule has 140 valence electrons. The van der Waals surface area contributed by atoms with Crippen molar-refractivity contribution in [3.05, 3.63) is 0 Å². The van der Waals surface area contributed by atoms with Crippen LogP contribution in [0.25, 0.3) is 0 Å². The Kier molecular flexibility index (Phi) is 25.9. The monoisotopic (exact) mass is 353 g/mol. The average molecular weight is 354 g/mol. The fourth-order valence-corrected chi connectivity index (χ4v) is 2.48. The first-order valence-corrected chi connectivity index (χ1v) is 9.64. The third-order valence-electron chi connectivity index (χ3n) is 3.90. The molecule has 0 aromatic rings. The quantitative estimate of drug-likeness (QED) is 0.189. The molecule has 0 aliphatic heterocycles. The van der Waals surface area contributed by atoms with Gasteiger partial charge in [-0.05, 0) is 6.42 Å². The van der Waals surface area contributed by atoms with Gasteiger partial charge >= 0.3 is 35.5 Å². The number of unbranched alkanes of at least 4 members (excludes halogenated alkanes) is 10. The van der Waals surface area contributed by atoms with Crippen LogP contribution in [0.15, 0.2) is 0 Å². The van der Waals surface area contributed by atoms with E-state index in [4.69, 9.17) is 10.6 Å². The van der Waals surface area contributed by atoms with E-state index in [2.05, 4.69) is 17.7 Å². The van der Waals surface area contributed by atoms with Gasteiger partial charge in [0.2, 0.25) is 0 Å². The largest absolute Gasteiger partial charge is 1.00 e. The van der Waals surface area contributed by atoms with Gasteiger partial charge in [0, 0.05) is 32.6 Å². The minimum atomic E-state index is -0.153. The second-order valence-corrected chi connectivity index (χ2v) is 6.19. The minimum Gasteiger partial charge on any atom is -1.00 e. The fraction of sp³-hybridized carbons (Fsp3) is 0.944. The number of hydrogen-bond acceptors (Lipinski definition) is 5. The smallest absolute Gasteiger partial charge is 1.00 e. The molecule has 0 radical (unpaired) electrons. The molecule has 6 heteroatoms. The molecule has 0 amide bonds. The Bertz CT molecular complexity index is 262. The van der Waals surface area contributed by atoms with Crippen molar-refractivity contribution in [2.75, 3.05) is 26.2 Å². The van der Waals surface area contributed by atoms with Gasteiger partial charge in [-0.25, -0.2) is 0 Å². The van der Waals surface area contributed by atoms with Crippen molar-refractivity contribution in [3.8, 4) is 0 Å². The SMILES string of the molecule is CCCCCCCCCCCCCC(=O)ONCCNCCN.[H-].[Na+]. The van der Waals surface area contributed by atoms with Crippen LogP contribution in [-0.2, 0) is 9.63 Å². The second-order valence-electron chi connectivity index (χ2n) is 6.19. The Hall–Kier alpha value is 0.350. The Morgan fingerprint density at radius 2 is 1.42 bits per heavy atom. The van der Waals surface area contributed by atoms with Crippen molar-refractivity contribution >= 4 is 5.97 Å². The van der Waals surface area contributed by atoms with Gasteiger partial charge in [-0.15, -0.1) is 0 Å². The van der Waals surface area contributed by atoms with Crippen LogP contribution in [0.4, 0.5) is 0 Å². The van der Waals surface area contributed by atoms with E-state index < -0.39 is 0 Å². The van der Waals surface area contributed by atoms with Crippen molar-refractivity contribution < 1.29 is 40.6 Å². The maximum absolute atomic E-state index is 11.5. The van der Waals surface area contributed by atoms with Crippen LogP contribution < -0.4 is 46.1 Å². The van der Waals surface area contributed by atoms with E-state index in [1.165, 1.54) is 57.8 Å². The predicted molar refractivity (Wildman–Crippen MR) is 98.2 cm³/mol. The van der Waals surface area contributed by atoms with Crippen LogP contribution in [0.1, 0.15) is 85.4 Å². The summed E-state index contributed by atoms with van der Waals surface area (Å²) in [4.78, 5) is 16.4. The molecule has 0 bridgehead atoms. The second kappa shape index (κ2) is 23.4. The van der Waals surface area contributed by atoms with E-state index in [0.29, 0.717) is 19.5 Å². The Morgan fingerprint density at radius 3 is 1.96 bits per heavy atom. The first kappa shape index (κ1) is 26.6. The molecule has 0 saturated heterocycles. The van der Waals surface area contributed by atoms with Gasteiger partial charge in [0.25, 0.3) is 0 Å². The number of carbonyl (C=O) groups is 1. The molecule has 0 saturated carbocycles. The van der Waals surface area contributed by atoms with Gasteiger partial charge in [-0.3, -0.25) is 4.79 Å². The van der Waals surface area contributed by atoms with Crippen molar-refractivity contribution in [2.24, 2.45) is 5.73 Å². The van der Waals surface area contributed by atoms with Gasteiger partial charge in [-0.2, -0.15) is 5.48 Å². The Morgan fingerprint density at radius 1 is 0.875 bits per heavy atom. The molecule has 0 aliphatic rings. The Balaban J connectivity index is -0.00000242. The van der Waals surface area contributed by atoms with E-state index in [9.17, 15) is 4.79 Å². The van der Waals surface area contributed by atoms with E-state index in [0.717, 1.165) is 25.9 Å². The predicted octanol–water partition coefficient (Wildman–Crippen LogP) is 0.400. The standard InChI is InChI=1S/C18H39N3O2.Na.H/c1-2-3-4-5-6-7-8-9-10-11-12-13-18(22)23-21-17-16-20-15-14-19;;/h20-21H,2-17,19H2,1H3;;/q;+1;-1. The molecule has 5 nitrogen and oxygen atoms in total. The third kappa shape index (κ3) is 22.4. The number of rotatable bonds is 18. The summed E-state index contributed by atoms with van der Waals surface area (Å²) in [5.41, 5.74) is 8.03. The number of nitrogens with two attached hydrogens (primary N) is 1. The first-order valence-electron chi connectivity index (χ1n) is 9.64. The van der Waals surface area contributed by atoms with Gasteiger partial charge in [0.1, 0.15) is 0 Å². The molecular weight excluding hydrogens is 313 g/mol. The van der Waals surface area contributed by atoms with Crippen LogP contribution in [0, 0.1) is 0 Å². The molecule has 0 aromatic carbocycles. The topological polar surface area (TPSA) is 76.4 Å². The van der Waals surface area contributed by atoms with Crippen LogP contribution >= 0.6 is 0 Å². The number of carbonyl (C=O) groups excluding carboxylic acids is 1. The molecule has 0 rings (SSSR count). The fourth-order valence-electron chi connectivity index (χ4n) is 2.48. The molecule has 0 unspecified atom stereocenters. The summed E-state index contributed by atoms with van der Waals surface area (Å²) in [5.74, 6) is -0.153. The van der Waals surface area contributed by atoms with Crippen molar-refractivity contribution in [1.82, 2.24) is 10.8 Å². The van der Waals surface area contributed by atoms with Crippen LogP contribution in [0.3, 0.4) is 0 Å². The molecule has 24 heavy (non-hydrogen) atoms. The van der Waals surface area contributed by atoms with Gasteiger partial charge in [0.15, 0.2) is 0 Å². The number of hydrogen-bond donors (Lipinski definition) is 3. The van der Waals surface area contributed by atoms with Crippen LogP contribution in [-0.4, -0.2) is 32.1 Å². The summed E-state index contributed by atoms with van der Waals surface area (Å²) in [6.45, 7) is 5.03. The molecule has 0 aromatic heterocycles. The summed E-state index contributed by atoms with van der Waals surface area (Å²) in [6.07, 6.45) is 14.7. The van der Waals surface area contributed by atoms with Crippen molar-refractivity contribution in [1.29, 1.82) is 0 Å². The van der Waals surface area contributed by atoms with Gasteiger partial charge < -0.3 is 17.3 Å². The zero-order chi connectivity index (χ0) is 17.0. The number of nitrogens with one attached hydrogen (secondary N) is 2. The van der Waals surface area contributed by atoms with Crippen LogP contribution in [0.2, 0.25) is 0 Å². The van der Waals surface area contributed by atoms with Crippen molar-refractivity contribution in [2.45, 2.75) is 84.0 Å². The van der Waals surface area contributed by atoms with E-state index in [1.54, 1.807) is 0 Å². The summed E-state index contributed by atoms with van der Waals surface area (Å²) in [6, 6.07) is 0.